The molecule has 2 aliphatic carbocycles. The van der Waals surface area contributed by atoms with E-state index in [0.29, 0.717) is 12.1 Å². The van der Waals surface area contributed by atoms with Gasteiger partial charge in [-0.3, -0.25) is 4.99 Å². The average Bonchev–Trinajstić information content (AvgIpc) is 2.93. The molecule has 2 saturated carbocycles. The van der Waals surface area contributed by atoms with Gasteiger partial charge in [0.1, 0.15) is 0 Å². The fraction of sp³-hybridized carbons (Fsp3) is 0.944. The van der Waals surface area contributed by atoms with E-state index in [1.54, 1.807) is 0 Å². The number of aliphatic imine (C=N–C) groups is 1. The van der Waals surface area contributed by atoms with Crippen LogP contribution in [0.1, 0.15) is 58.3 Å². The Bertz CT molecular complexity index is 375. The molecule has 0 aromatic carbocycles. The predicted molar refractivity (Wildman–Crippen MR) is 93.2 cm³/mol. The van der Waals surface area contributed by atoms with E-state index in [2.05, 4.69) is 27.4 Å². The van der Waals surface area contributed by atoms with Gasteiger partial charge < -0.3 is 15.5 Å². The molecular formula is C18H34N4. The third-order valence-corrected chi connectivity index (χ3v) is 5.73. The molecule has 0 aromatic heterocycles. The van der Waals surface area contributed by atoms with Crippen molar-refractivity contribution in [3.05, 3.63) is 0 Å². The fourth-order valence-electron chi connectivity index (χ4n) is 4.33. The third-order valence-electron chi connectivity index (χ3n) is 5.73. The summed E-state index contributed by atoms with van der Waals surface area (Å²) in [4.78, 5) is 7.10. The Hall–Kier alpha value is -0.770. The van der Waals surface area contributed by atoms with E-state index in [1.165, 1.54) is 71.0 Å². The Morgan fingerprint density at radius 1 is 1.18 bits per heavy atom. The Labute approximate surface area is 136 Å². The molecule has 1 heterocycles. The quantitative estimate of drug-likeness (QED) is 0.585. The van der Waals surface area contributed by atoms with Crippen molar-refractivity contribution in [2.75, 3.05) is 26.7 Å². The lowest BCUT2D eigenvalue weighted by Gasteiger charge is -2.21. The summed E-state index contributed by atoms with van der Waals surface area (Å²) < 4.78 is 0. The highest BCUT2D eigenvalue weighted by atomic mass is 15.3. The van der Waals surface area contributed by atoms with Crippen molar-refractivity contribution < 1.29 is 0 Å². The average molecular weight is 306 g/mol. The highest BCUT2D eigenvalue weighted by molar-refractivity contribution is 5.80. The first kappa shape index (κ1) is 16.1. The van der Waals surface area contributed by atoms with Crippen LogP contribution >= 0.6 is 0 Å². The molecule has 0 bridgehead atoms. The van der Waals surface area contributed by atoms with Gasteiger partial charge in [-0.25, -0.2) is 0 Å². The molecular weight excluding hydrogens is 272 g/mol. The van der Waals surface area contributed by atoms with E-state index < -0.39 is 0 Å². The summed E-state index contributed by atoms with van der Waals surface area (Å²) in [6, 6.07) is 1.25. The number of nitrogens with one attached hydrogen (secondary N) is 2. The maximum absolute atomic E-state index is 4.43. The van der Waals surface area contributed by atoms with Crippen LogP contribution in [0, 0.1) is 11.8 Å². The summed E-state index contributed by atoms with van der Waals surface area (Å²) in [6.45, 7) is 6.05. The second-order valence-corrected chi connectivity index (χ2v) is 7.65. The van der Waals surface area contributed by atoms with Crippen molar-refractivity contribution in [2.45, 2.75) is 70.4 Å². The molecule has 126 valence electrons. The molecule has 3 fully saturated rings. The number of likely N-dealkylation sites (tertiary alicyclic amines) is 1. The molecule has 2 N–H and O–H groups in total. The zero-order chi connectivity index (χ0) is 15.4. The Kier molecular flexibility index (Phi) is 5.61. The van der Waals surface area contributed by atoms with Crippen LogP contribution in [-0.4, -0.2) is 49.6 Å². The highest BCUT2D eigenvalue weighted by Gasteiger charge is 2.37. The molecule has 0 spiro atoms. The van der Waals surface area contributed by atoms with E-state index in [0.717, 1.165) is 17.8 Å². The molecule has 3 atom stereocenters. The zero-order valence-corrected chi connectivity index (χ0v) is 14.5. The Morgan fingerprint density at radius 3 is 2.73 bits per heavy atom. The standard InChI is InChI=1S/C18H34N4/c1-3-6-15-11-17(15)21-18(19-2)20-16-9-10-22(13-16)12-14-7-4-5-8-14/h14-17H,3-13H2,1-2H3,(H2,19,20,21). The molecule has 3 unspecified atom stereocenters. The molecule has 1 aliphatic heterocycles. The maximum Gasteiger partial charge on any atom is 0.191 e. The third kappa shape index (κ3) is 4.37. The van der Waals surface area contributed by atoms with Crippen LogP contribution in [-0.2, 0) is 0 Å². The second-order valence-electron chi connectivity index (χ2n) is 7.65. The lowest BCUT2D eigenvalue weighted by atomic mass is 10.1. The van der Waals surface area contributed by atoms with Crippen molar-refractivity contribution >= 4 is 5.96 Å². The van der Waals surface area contributed by atoms with E-state index in [-0.39, 0.29) is 0 Å². The van der Waals surface area contributed by atoms with Gasteiger partial charge in [0.2, 0.25) is 0 Å². The molecule has 0 radical (unpaired) electrons. The van der Waals surface area contributed by atoms with Crippen LogP contribution < -0.4 is 10.6 Å². The van der Waals surface area contributed by atoms with E-state index in [1.807, 2.05) is 7.05 Å². The molecule has 0 aromatic rings. The second kappa shape index (κ2) is 7.67. The van der Waals surface area contributed by atoms with Crippen LogP contribution in [0.5, 0.6) is 0 Å². The van der Waals surface area contributed by atoms with Crippen molar-refractivity contribution in [1.82, 2.24) is 15.5 Å². The monoisotopic (exact) mass is 306 g/mol. The minimum absolute atomic E-state index is 0.580. The van der Waals surface area contributed by atoms with E-state index in [9.17, 15) is 0 Å². The SMILES string of the molecule is CCCC1CC1NC(=NC)NC1CCN(CC2CCCC2)C1. The van der Waals surface area contributed by atoms with Crippen molar-refractivity contribution in [3.8, 4) is 0 Å². The van der Waals surface area contributed by atoms with Gasteiger partial charge in [0, 0.05) is 38.8 Å². The number of rotatable bonds is 6. The van der Waals surface area contributed by atoms with Crippen molar-refractivity contribution in [3.63, 3.8) is 0 Å². The smallest absolute Gasteiger partial charge is 0.191 e. The summed E-state index contributed by atoms with van der Waals surface area (Å²) in [7, 11) is 1.90. The summed E-state index contributed by atoms with van der Waals surface area (Å²) in [5.41, 5.74) is 0. The molecule has 3 aliphatic rings. The van der Waals surface area contributed by atoms with Crippen LogP contribution in [0.3, 0.4) is 0 Å². The lowest BCUT2D eigenvalue weighted by Crippen LogP contribution is -2.45. The van der Waals surface area contributed by atoms with Crippen molar-refractivity contribution in [1.29, 1.82) is 0 Å². The van der Waals surface area contributed by atoms with E-state index in [4.69, 9.17) is 0 Å². The largest absolute Gasteiger partial charge is 0.353 e. The Morgan fingerprint density at radius 2 is 2.00 bits per heavy atom. The summed E-state index contributed by atoms with van der Waals surface area (Å²) >= 11 is 0. The molecule has 4 nitrogen and oxygen atoms in total. The van der Waals surface area contributed by atoms with Gasteiger partial charge in [-0.1, -0.05) is 26.2 Å². The minimum atomic E-state index is 0.580. The summed E-state index contributed by atoms with van der Waals surface area (Å²) in [5, 5.41) is 7.26. The first-order chi connectivity index (χ1) is 10.8. The minimum Gasteiger partial charge on any atom is -0.353 e. The number of hydrogen-bond acceptors (Lipinski definition) is 2. The van der Waals surface area contributed by atoms with Gasteiger partial charge in [0.15, 0.2) is 5.96 Å². The van der Waals surface area contributed by atoms with Crippen molar-refractivity contribution in [2.24, 2.45) is 16.8 Å². The van der Waals surface area contributed by atoms with Crippen LogP contribution in [0.4, 0.5) is 0 Å². The van der Waals surface area contributed by atoms with Gasteiger partial charge in [0.25, 0.3) is 0 Å². The summed E-state index contributed by atoms with van der Waals surface area (Å²) in [6.07, 6.45) is 11.1. The van der Waals surface area contributed by atoms with E-state index >= 15 is 0 Å². The summed E-state index contributed by atoms with van der Waals surface area (Å²) in [5.74, 6) is 2.87. The van der Waals surface area contributed by atoms with Crippen LogP contribution in [0.2, 0.25) is 0 Å². The van der Waals surface area contributed by atoms with Crippen LogP contribution in [0.15, 0.2) is 4.99 Å². The molecule has 3 rings (SSSR count). The lowest BCUT2D eigenvalue weighted by molar-refractivity contribution is 0.275. The topological polar surface area (TPSA) is 39.7 Å². The van der Waals surface area contributed by atoms with Crippen LogP contribution in [0.25, 0.3) is 0 Å². The number of guanidine groups is 1. The maximum atomic E-state index is 4.43. The zero-order valence-electron chi connectivity index (χ0n) is 14.5. The number of nitrogens with zero attached hydrogens (tertiary/aromatic N) is 2. The van der Waals surface area contributed by atoms with Gasteiger partial charge in [-0.05, 0) is 43.9 Å². The molecule has 22 heavy (non-hydrogen) atoms. The Balaban J connectivity index is 1.37. The molecule has 0 amide bonds. The predicted octanol–water partition coefficient (Wildman–Crippen LogP) is 2.60. The van der Waals surface area contributed by atoms with Gasteiger partial charge in [-0.2, -0.15) is 0 Å². The first-order valence-corrected chi connectivity index (χ1v) is 9.50. The highest BCUT2D eigenvalue weighted by Crippen LogP contribution is 2.34. The van der Waals surface area contributed by atoms with Gasteiger partial charge in [0.05, 0.1) is 0 Å². The fourth-order valence-corrected chi connectivity index (χ4v) is 4.33. The van der Waals surface area contributed by atoms with Gasteiger partial charge in [-0.15, -0.1) is 0 Å². The van der Waals surface area contributed by atoms with Gasteiger partial charge >= 0.3 is 0 Å². The normalized spacial score (nSPS) is 33.4. The molecule has 1 saturated heterocycles. The number of hydrogen-bond donors (Lipinski definition) is 2. The first-order valence-electron chi connectivity index (χ1n) is 9.50. The molecule has 4 heteroatoms.